The third kappa shape index (κ3) is 2.71. The Kier molecular flexibility index (Phi) is 4.70. The predicted molar refractivity (Wildman–Crippen MR) is 42.6 cm³/mol. The largest absolute Gasteiger partial charge is 0.396 e. The number of aliphatic hydroxyl groups excluding tert-OH is 2. The third-order valence-corrected chi connectivity index (χ3v) is 1.65. The van der Waals surface area contributed by atoms with Gasteiger partial charge in [0.15, 0.2) is 0 Å². The van der Waals surface area contributed by atoms with Gasteiger partial charge in [-0.15, -0.1) is 0 Å². The zero-order chi connectivity index (χ0) is 9.72. The van der Waals surface area contributed by atoms with E-state index in [1.165, 1.54) is 6.92 Å². The van der Waals surface area contributed by atoms with Crippen molar-refractivity contribution in [3.05, 3.63) is 0 Å². The van der Waals surface area contributed by atoms with Crippen molar-refractivity contribution in [2.24, 2.45) is 5.92 Å². The lowest BCUT2D eigenvalue weighted by Gasteiger charge is -2.08. The Bertz CT molecular complexity index is 156. The lowest BCUT2D eigenvalue weighted by molar-refractivity contribution is -0.144. The molecule has 0 fully saturated rings. The lowest BCUT2D eigenvalue weighted by atomic mass is 10.00. The molecule has 0 aromatic heterocycles. The minimum Gasteiger partial charge on any atom is -0.396 e. The maximum absolute atomic E-state index is 11.0. The van der Waals surface area contributed by atoms with Crippen molar-refractivity contribution in [3.8, 4) is 0 Å². The Morgan fingerprint density at radius 3 is 2.17 bits per heavy atom. The van der Waals surface area contributed by atoms with Gasteiger partial charge in [-0.3, -0.25) is 9.59 Å². The molecule has 0 saturated heterocycles. The SMILES string of the molecule is CCC(O)C(=O)C(=O)C(C)CO. The molecule has 0 radical (unpaired) electrons. The van der Waals surface area contributed by atoms with Crippen molar-refractivity contribution in [2.75, 3.05) is 6.61 Å². The topological polar surface area (TPSA) is 74.6 Å². The molecule has 0 saturated carbocycles. The van der Waals surface area contributed by atoms with Crippen LogP contribution in [0.15, 0.2) is 0 Å². The molecule has 0 rings (SSSR count). The average molecular weight is 174 g/mol. The Labute approximate surface area is 71.2 Å². The summed E-state index contributed by atoms with van der Waals surface area (Å²) >= 11 is 0. The van der Waals surface area contributed by atoms with Gasteiger partial charge in [0.25, 0.3) is 0 Å². The first-order valence-corrected chi connectivity index (χ1v) is 3.91. The van der Waals surface area contributed by atoms with Crippen molar-refractivity contribution < 1.29 is 19.8 Å². The highest BCUT2D eigenvalue weighted by molar-refractivity contribution is 6.39. The normalized spacial score (nSPS) is 15.3. The second-order valence-corrected chi connectivity index (χ2v) is 2.74. The minimum atomic E-state index is -1.22. The lowest BCUT2D eigenvalue weighted by Crippen LogP contribution is -2.33. The zero-order valence-corrected chi connectivity index (χ0v) is 7.28. The summed E-state index contributed by atoms with van der Waals surface area (Å²) in [6.45, 7) is 2.70. The molecule has 2 N–H and O–H groups in total. The van der Waals surface area contributed by atoms with E-state index >= 15 is 0 Å². The van der Waals surface area contributed by atoms with E-state index in [0.717, 1.165) is 0 Å². The first kappa shape index (κ1) is 11.3. The van der Waals surface area contributed by atoms with Crippen molar-refractivity contribution in [1.29, 1.82) is 0 Å². The van der Waals surface area contributed by atoms with Crippen LogP contribution in [-0.4, -0.2) is 34.5 Å². The summed E-state index contributed by atoms with van der Waals surface area (Å²) in [5.74, 6) is -2.22. The maximum atomic E-state index is 11.0. The quantitative estimate of drug-likeness (QED) is 0.552. The first-order chi connectivity index (χ1) is 5.54. The number of aliphatic hydroxyl groups is 2. The molecule has 0 aliphatic heterocycles. The molecule has 0 spiro atoms. The van der Waals surface area contributed by atoms with Crippen molar-refractivity contribution in [1.82, 2.24) is 0 Å². The number of rotatable bonds is 5. The fourth-order valence-corrected chi connectivity index (χ4v) is 0.675. The Balaban J connectivity index is 4.19. The average Bonchev–Trinajstić information content (AvgIpc) is 2.12. The van der Waals surface area contributed by atoms with E-state index in [2.05, 4.69) is 0 Å². The highest BCUT2D eigenvalue weighted by atomic mass is 16.3. The summed E-state index contributed by atoms with van der Waals surface area (Å²) in [4.78, 5) is 22.0. The second kappa shape index (κ2) is 5.00. The molecule has 2 atom stereocenters. The van der Waals surface area contributed by atoms with E-state index < -0.39 is 23.6 Å². The van der Waals surface area contributed by atoms with E-state index in [0.29, 0.717) is 0 Å². The van der Waals surface area contributed by atoms with Gasteiger partial charge in [-0.1, -0.05) is 13.8 Å². The molecule has 4 heteroatoms. The van der Waals surface area contributed by atoms with Crippen LogP contribution < -0.4 is 0 Å². The molecular formula is C8H14O4. The molecule has 0 amide bonds. The van der Waals surface area contributed by atoms with Gasteiger partial charge in [-0.25, -0.2) is 0 Å². The molecule has 0 aromatic rings. The van der Waals surface area contributed by atoms with Crippen LogP contribution in [0.5, 0.6) is 0 Å². The van der Waals surface area contributed by atoms with Crippen LogP contribution in [0.25, 0.3) is 0 Å². The Morgan fingerprint density at radius 1 is 1.33 bits per heavy atom. The molecule has 0 bridgehead atoms. The van der Waals surface area contributed by atoms with Gasteiger partial charge in [0, 0.05) is 5.92 Å². The summed E-state index contributed by atoms with van der Waals surface area (Å²) < 4.78 is 0. The van der Waals surface area contributed by atoms with Crippen LogP contribution in [0.1, 0.15) is 20.3 Å². The fraction of sp³-hybridized carbons (Fsp3) is 0.750. The highest BCUT2D eigenvalue weighted by Gasteiger charge is 2.25. The molecule has 0 aromatic carbocycles. The van der Waals surface area contributed by atoms with Gasteiger partial charge in [-0.05, 0) is 6.42 Å². The fourth-order valence-electron chi connectivity index (χ4n) is 0.675. The summed E-state index contributed by atoms with van der Waals surface area (Å²) in [6, 6.07) is 0. The molecule has 4 nitrogen and oxygen atoms in total. The smallest absolute Gasteiger partial charge is 0.227 e. The molecule has 12 heavy (non-hydrogen) atoms. The van der Waals surface area contributed by atoms with Crippen LogP contribution in [0.2, 0.25) is 0 Å². The second-order valence-electron chi connectivity index (χ2n) is 2.74. The number of hydrogen-bond donors (Lipinski definition) is 2. The number of ketones is 2. The summed E-state index contributed by atoms with van der Waals surface area (Å²) in [6.07, 6.45) is -0.991. The maximum Gasteiger partial charge on any atom is 0.227 e. The number of carbonyl (C=O) groups excluding carboxylic acids is 2. The van der Waals surface area contributed by atoms with E-state index in [9.17, 15) is 9.59 Å². The molecule has 2 unspecified atom stereocenters. The van der Waals surface area contributed by atoms with Crippen molar-refractivity contribution >= 4 is 11.6 Å². The predicted octanol–water partition coefficient (Wildman–Crippen LogP) is -0.476. The van der Waals surface area contributed by atoms with Gasteiger partial charge in [-0.2, -0.15) is 0 Å². The van der Waals surface area contributed by atoms with Gasteiger partial charge in [0.1, 0.15) is 6.10 Å². The minimum absolute atomic E-state index is 0.225. The Hall–Kier alpha value is -0.740. The van der Waals surface area contributed by atoms with Gasteiger partial charge >= 0.3 is 0 Å². The highest BCUT2D eigenvalue weighted by Crippen LogP contribution is 2.01. The third-order valence-electron chi connectivity index (χ3n) is 1.65. The van der Waals surface area contributed by atoms with Crippen LogP contribution in [-0.2, 0) is 9.59 Å². The number of Topliss-reactive ketones (excluding diaryl/α,β-unsaturated/α-hetero) is 2. The standard InChI is InChI=1S/C8H14O4/c1-3-6(10)8(12)7(11)5(2)4-9/h5-6,9-10H,3-4H2,1-2H3. The van der Waals surface area contributed by atoms with E-state index in [1.54, 1.807) is 6.92 Å². The van der Waals surface area contributed by atoms with E-state index in [1.807, 2.05) is 0 Å². The summed E-state index contributed by atoms with van der Waals surface area (Å²) in [5, 5.41) is 17.5. The molecular weight excluding hydrogens is 160 g/mol. The van der Waals surface area contributed by atoms with Crippen LogP contribution in [0, 0.1) is 5.92 Å². The van der Waals surface area contributed by atoms with E-state index in [-0.39, 0.29) is 13.0 Å². The molecule has 0 heterocycles. The summed E-state index contributed by atoms with van der Waals surface area (Å²) in [5.41, 5.74) is 0. The van der Waals surface area contributed by atoms with Crippen LogP contribution in [0.3, 0.4) is 0 Å². The van der Waals surface area contributed by atoms with Crippen LogP contribution >= 0.6 is 0 Å². The summed E-state index contributed by atoms with van der Waals surface area (Å²) in [7, 11) is 0. The van der Waals surface area contributed by atoms with Gasteiger partial charge in [0.2, 0.25) is 11.6 Å². The molecule has 0 aliphatic rings. The zero-order valence-electron chi connectivity index (χ0n) is 7.28. The van der Waals surface area contributed by atoms with Crippen molar-refractivity contribution in [2.45, 2.75) is 26.4 Å². The molecule has 0 aliphatic carbocycles. The molecule has 70 valence electrons. The van der Waals surface area contributed by atoms with Crippen molar-refractivity contribution in [3.63, 3.8) is 0 Å². The van der Waals surface area contributed by atoms with E-state index in [4.69, 9.17) is 10.2 Å². The number of carbonyl (C=O) groups is 2. The number of hydrogen-bond acceptors (Lipinski definition) is 4. The monoisotopic (exact) mass is 174 g/mol. The van der Waals surface area contributed by atoms with Crippen LogP contribution in [0.4, 0.5) is 0 Å². The van der Waals surface area contributed by atoms with Gasteiger partial charge < -0.3 is 10.2 Å². The first-order valence-electron chi connectivity index (χ1n) is 3.91. The Morgan fingerprint density at radius 2 is 1.83 bits per heavy atom. The van der Waals surface area contributed by atoms with Gasteiger partial charge in [0.05, 0.1) is 6.61 Å².